The minimum absolute atomic E-state index is 0.0124. The predicted octanol–water partition coefficient (Wildman–Crippen LogP) is 10.1. The van der Waals surface area contributed by atoms with E-state index in [2.05, 4.69) is 11.7 Å². The third kappa shape index (κ3) is 6.95. The van der Waals surface area contributed by atoms with E-state index in [1.165, 1.54) is 31.3 Å². The van der Waals surface area contributed by atoms with E-state index in [-0.39, 0.29) is 40.5 Å². The molecule has 5 nitrogen and oxygen atoms in total. The van der Waals surface area contributed by atoms with Gasteiger partial charge in [0.15, 0.2) is 11.4 Å². The highest BCUT2D eigenvalue weighted by Gasteiger charge is 2.50. The molecule has 4 aromatic rings. The monoisotopic (exact) mass is 680 g/mol. The van der Waals surface area contributed by atoms with Gasteiger partial charge in [-0.2, -0.15) is 31.4 Å². The number of allylic oxidation sites excluding steroid dienone is 2. The van der Waals surface area contributed by atoms with Crippen molar-refractivity contribution >= 4 is 29.2 Å². The summed E-state index contributed by atoms with van der Waals surface area (Å²) in [5, 5.41) is 3.46. The lowest BCUT2D eigenvalue weighted by atomic mass is 9.96. The normalized spacial score (nSPS) is 14.4. The van der Waals surface area contributed by atoms with Crippen LogP contribution in [-0.2, 0) is 30.8 Å². The minimum atomic E-state index is -4.86. The highest BCUT2D eigenvalue weighted by atomic mass is 35.5. The third-order valence-electron chi connectivity index (χ3n) is 7.37. The van der Waals surface area contributed by atoms with E-state index in [0.717, 1.165) is 22.9 Å². The number of esters is 1. The smallest absolute Gasteiger partial charge is 0.435 e. The Morgan fingerprint density at radius 2 is 1.70 bits per heavy atom. The molecule has 0 atom stereocenters. The fourth-order valence-corrected chi connectivity index (χ4v) is 5.13. The van der Waals surface area contributed by atoms with Gasteiger partial charge in [0.1, 0.15) is 12.4 Å². The standard InChI is InChI=1S/C33H24Cl2F6N2O3/c1-3-4-13-31(14-15-31)30(44)46-29-22(25-17-27(33(39,40)41)42-43(25)2)10-12-26(45-18-19-5-8-21(34)9-6-19)28(29)20-7-11-24(35)23(16-20)32(36,37)38/h3-13,16-17H,1,14-15,18H2,2H3/b13-4+. The van der Waals surface area contributed by atoms with Crippen LogP contribution in [0, 0.1) is 5.41 Å². The first-order chi connectivity index (χ1) is 21.6. The summed E-state index contributed by atoms with van der Waals surface area (Å²) in [6.07, 6.45) is -4.21. The zero-order chi connectivity index (χ0) is 33.4. The van der Waals surface area contributed by atoms with Crippen LogP contribution >= 0.6 is 23.2 Å². The van der Waals surface area contributed by atoms with Crippen LogP contribution in [0.5, 0.6) is 11.5 Å². The van der Waals surface area contributed by atoms with Crippen molar-refractivity contribution in [3.8, 4) is 33.9 Å². The zero-order valence-corrected chi connectivity index (χ0v) is 25.5. The van der Waals surface area contributed by atoms with Crippen molar-refractivity contribution in [2.24, 2.45) is 12.5 Å². The summed E-state index contributed by atoms with van der Waals surface area (Å²) >= 11 is 11.9. The quantitative estimate of drug-likeness (QED) is 0.0764. The van der Waals surface area contributed by atoms with Gasteiger partial charge in [-0.1, -0.05) is 66.2 Å². The summed E-state index contributed by atoms with van der Waals surface area (Å²) in [6, 6.07) is 13.2. The van der Waals surface area contributed by atoms with Crippen LogP contribution in [0.3, 0.4) is 0 Å². The van der Waals surface area contributed by atoms with Gasteiger partial charge < -0.3 is 9.47 Å². The molecule has 240 valence electrons. The maximum atomic E-state index is 14.0. The van der Waals surface area contributed by atoms with Crippen molar-refractivity contribution in [1.29, 1.82) is 0 Å². The SMILES string of the molecule is C=C/C=C/C1(C(=O)Oc2c(-c3cc(C(F)(F)F)nn3C)ccc(OCc3ccc(Cl)cc3)c2-c2ccc(Cl)c(C(F)(F)F)c2)CC1. The number of halogens is 8. The van der Waals surface area contributed by atoms with Crippen LogP contribution in [0.15, 0.2) is 85.5 Å². The summed E-state index contributed by atoms with van der Waals surface area (Å²) in [4.78, 5) is 13.7. The van der Waals surface area contributed by atoms with E-state index in [0.29, 0.717) is 23.4 Å². The molecule has 1 aliphatic rings. The number of carbonyl (C=O) groups is 1. The van der Waals surface area contributed by atoms with E-state index in [1.807, 2.05) is 0 Å². The van der Waals surface area contributed by atoms with Gasteiger partial charge in [-0.05, 0) is 66.4 Å². The first-order valence-corrected chi connectivity index (χ1v) is 14.4. The lowest BCUT2D eigenvalue weighted by molar-refractivity contribution is -0.141. The number of alkyl halides is 6. The molecule has 0 aliphatic heterocycles. The van der Waals surface area contributed by atoms with Crippen molar-refractivity contribution in [3.05, 3.63) is 112 Å². The summed E-state index contributed by atoms with van der Waals surface area (Å²) in [5.41, 5.74) is -3.17. The number of carbonyl (C=O) groups excluding carboxylic acids is 1. The molecule has 0 saturated heterocycles. The Morgan fingerprint density at radius 3 is 2.28 bits per heavy atom. The molecule has 0 unspecified atom stereocenters. The number of aryl methyl sites for hydroxylation is 1. The van der Waals surface area contributed by atoms with Crippen LogP contribution in [0.1, 0.15) is 29.7 Å². The first kappa shape index (κ1) is 33.2. The molecule has 1 heterocycles. The molecule has 0 spiro atoms. The van der Waals surface area contributed by atoms with E-state index < -0.39 is 40.0 Å². The molecule has 0 radical (unpaired) electrons. The van der Waals surface area contributed by atoms with E-state index in [9.17, 15) is 31.1 Å². The van der Waals surface area contributed by atoms with Gasteiger partial charge in [0.2, 0.25) is 0 Å². The average Bonchev–Trinajstić information content (AvgIpc) is 3.68. The summed E-state index contributed by atoms with van der Waals surface area (Å²) in [7, 11) is 1.26. The Bertz CT molecular complexity index is 1820. The highest BCUT2D eigenvalue weighted by Crippen LogP contribution is 2.52. The second kappa shape index (κ2) is 12.5. The highest BCUT2D eigenvalue weighted by molar-refractivity contribution is 6.31. The molecular formula is C33H24Cl2F6N2O3. The van der Waals surface area contributed by atoms with Crippen molar-refractivity contribution in [3.63, 3.8) is 0 Å². The van der Waals surface area contributed by atoms with Crippen molar-refractivity contribution in [2.75, 3.05) is 0 Å². The van der Waals surface area contributed by atoms with Gasteiger partial charge in [-0.3, -0.25) is 9.48 Å². The van der Waals surface area contributed by atoms with Crippen molar-refractivity contribution in [1.82, 2.24) is 9.78 Å². The van der Waals surface area contributed by atoms with Gasteiger partial charge in [0.05, 0.1) is 27.3 Å². The summed E-state index contributed by atoms with van der Waals surface area (Å²) in [6.45, 7) is 3.53. The number of ether oxygens (including phenoxy) is 2. The molecule has 0 N–H and O–H groups in total. The molecule has 1 aliphatic carbocycles. The summed E-state index contributed by atoms with van der Waals surface area (Å²) in [5.74, 6) is -1.09. The van der Waals surface area contributed by atoms with Crippen molar-refractivity contribution < 1.29 is 40.6 Å². The van der Waals surface area contributed by atoms with Crippen LogP contribution in [-0.4, -0.2) is 15.7 Å². The summed E-state index contributed by atoms with van der Waals surface area (Å²) < 4.78 is 96.0. The molecule has 1 aromatic heterocycles. The third-order valence-corrected chi connectivity index (χ3v) is 7.96. The topological polar surface area (TPSA) is 53.3 Å². The molecule has 5 rings (SSSR count). The van der Waals surface area contributed by atoms with E-state index in [1.54, 1.807) is 36.4 Å². The average molecular weight is 681 g/mol. The maximum Gasteiger partial charge on any atom is 0.435 e. The number of nitrogens with zero attached hydrogens (tertiary/aromatic N) is 2. The number of aromatic nitrogens is 2. The Labute approximate surface area is 269 Å². The van der Waals surface area contributed by atoms with Crippen LogP contribution < -0.4 is 9.47 Å². The van der Waals surface area contributed by atoms with Gasteiger partial charge in [-0.15, -0.1) is 0 Å². The number of hydrogen-bond donors (Lipinski definition) is 0. The van der Waals surface area contributed by atoms with Crippen LogP contribution in [0.25, 0.3) is 22.4 Å². The van der Waals surface area contributed by atoms with Crippen molar-refractivity contribution in [2.45, 2.75) is 31.8 Å². The van der Waals surface area contributed by atoms with Gasteiger partial charge >= 0.3 is 18.3 Å². The molecule has 0 bridgehead atoms. The lowest BCUT2D eigenvalue weighted by Gasteiger charge is -2.21. The minimum Gasteiger partial charge on any atom is -0.488 e. The second-order valence-corrected chi connectivity index (χ2v) is 11.4. The molecule has 3 aromatic carbocycles. The molecule has 1 fully saturated rings. The number of benzene rings is 3. The molecule has 13 heteroatoms. The fourth-order valence-electron chi connectivity index (χ4n) is 4.78. The predicted molar refractivity (Wildman–Crippen MR) is 162 cm³/mol. The van der Waals surface area contributed by atoms with Gasteiger partial charge in [-0.25, -0.2) is 0 Å². The molecule has 0 amide bonds. The van der Waals surface area contributed by atoms with Crippen LogP contribution in [0.4, 0.5) is 26.3 Å². The lowest BCUT2D eigenvalue weighted by Crippen LogP contribution is -2.21. The van der Waals surface area contributed by atoms with E-state index in [4.69, 9.17) is 32.7 Å². The Hall–Kier alpha value is -4.22. The molecule has 1 saturated carbocycles. The Morgan fingerprint density at radius 1 is 1.00 bits per heavy atom. The van der Waals surface area contributed by atoms with E-state index >= 15 is 0 Å². The van der Waals surface area contributed by atoms with Gasteiger partial charge in [0.25, 0.3) is 0 Å². The maximum absolute atomic E-state index is 14.0. The van der Waals surface area contributed by atoms with Crippen LogP contribution in [0.2, 0.25) is 10.0 Å². The fraction of sp³-hybridized carbons (Fsp3) is 0.212. The second-order valence-electron chi connectivity index (χ2n) is 10.6. The largest absolute Gasteiger partial charge is 0.488 e. The number of rotatable bonds is 9. The first-order valence-electron chi connectivity index (χ1n) is 13.7. The number of hydrogen-bond acceptors (Lipinski definition) is 4. The van der Waals surface area contributed by atoms with Gasteiger partial charge in [0, 0.05) is 17.6 Å². The molecule has 46 heavy (non-hydrogen) atoms. The molecular weight excluding hydrogens is 657 g/mol. The zero-order valence-electron chi connectivity index (χ0n) is 24.0. The Balaban J connectivity index is 1.76. The Kier molecular flexibility index (Phi) is 9.03.